The molecule has 402 valence electrons. The zero-order chi connectivity index (χ0) is 50.0. The first-order valence-corrected chi connectivity index (χ1v) is 30.1. The molecular weight excluding hydrogens is 853 g/mol. The van der Waals surface area contributed by atoms with Crippen LogP contribution in [0, 0.1) is 0 Å². The number of unbranched alkanes of at least 4 members (excludes halogenated alkanes) is 36. The molecular formula is C63H114O6. The zero-order valence-corrected chi connectivity index (χ0v) is 46.1. The quantitative estimate of drug-likeness (QED) is 0.0262. The van der Waals surface area contributed by atoms with E-state index in [0.717, 1.165) is 83.5 Å². The van der Waals surface area contributed by atoms with Crippen LogP contribution in [-0.2, 0) is 28.6 Å². The Kier molecular flexibility index (Phi) is 55.7. The molecule has 0 amide bonds. The first kappa shape index (κ1) is 66.4. The van der Waals surface area contributed by atoms with Crippen LogP contribution >= 0.6 is 0 Å². The Hall–Kier alpha value is -2.63. The molecule has 69 heavy (non-hydrogen) atoms. The highest BCUT2D eigenvalue weighted by molar-refractivity contribution is 5.71. The minimum atomic E-state index is -0.780. The van der Waals surface area contributed by atoms with Crippen molar-refractivity contribution in [1.29, 1.82) is 0 Å². The molecule has 0 fully saturated rings. The van der Waals surface area contributed by atoms with Crippen LogP contribution < -0.4 is 0 Å². The van der Waals surface area contributed by atoms with Crippen LogP contribution in [0.1, 0.15) is 316 Å². The van der Waals surface area contributed by atoms with Crippen LogP contribution in [0.4, 0.5) is 0 Å². The summed E-state index contributed by atoms with van der Waals surface area (Å²) in [6.45, 7) is 6.63. The minimum absolute atomic E-state index is 0.0787. The second-order valence-electron chi connectivity index (χ2n) is 20.3. The largest absolute Gasteiger partial charge is 0.462 e. The molecule has 6 heteroatoms. The van der Waals surface area contributed by atoms with E-state index in [4.69, 9.17) is 14.2 Å². The summed E-state index contributed by atoms with van der Waals surface area (Å²) in [7, 11) is 0. The van der Waals surface area contributed by atoms with Gasteiger partial charge in [-0.05, 0) is 83.5 Å². The number of rotatable bonds is 55. The van der Waals surface area contributed by atoms with Crippen molar-refractivity contribution in [1.82, 2.24) is 0 Å². The lowest BCUT2D eigenvalue weighted by atomic mass is 10.0. The summed E-state index contributed by atoms with van der Waals surface area (Å²) in [5, 5.41) is 0. The van der Waals surface area contributed by atoms with Gasteiger partial charge in [-0.3, -0.25) is 14.4 Å². The van der Waals surface area contributed by atoms with Crippen molar-refractivity contribution in [2.24, 2.45) is 0 Å². The van der Waals surface area contributed by atoms with Crippen LogP contribution in [0.3, 0.4) is 0 Å². The summed E-state index contributed by atoms with van der Waals surface area (Å²) in [4.78, 5) is 38.2. The molecule has 0 saturated carbocycles. The fourth-order valence-electron chi connectivity index (χ4n) is 8.74. The van der Waals surface area contributed by atoms with Crippen molar-refractivity contribution < 1.29 is 28.6 Å². The van der Waals surface area contributed by atoms with E-state index in [1.807, 2.05) is 0 Å². The van der Waals surface area contributed by atoms with Gasteiger partial charge in [0.15, 0.2) is 6.10 Å². The van der Waals surface area contributed by atoms with E-state index >= 15 is 0 Å². The molecule has 0 bridgehead atoms. The third kappa shape index (κ3) is 56.2. The van der Waals surface area contributed by atoms with Gasteiger partial charge in [0, 0.05) is 19.3 Å². The molecule has 1 atom stereocenters. The third-order valence-corrected chi connectivity index (χ3v) is 13.3. The number of carbonyl (C=O) groups excluding carboxylic acids is 3. The second-order valence-corrected chi connectivity index (χ2v) is 20.3. The Morgan fingerprint density at radius 2 is 0.522 bits per heavy atom. The van der Waals surface area contributed by atoms with Crippen LogP contribution in [0.15, 0.2) is 48.6 Å². The number of ether oxygens (including phenoxy) is 3. The maximum Gasteiger partial charge on any atom is 0.306 e. The van der Waals surface area contributed by atoms with Gasteiger partial charge in [-0.25, -0.2) is 0 Å². The van der Waals surface area contributed by atoms with Crippen LogP contribution in [0.25, 0.3) is 0 Å². The maximum absolute atomic E-state index is 12.9. The summed E-state index contributed by atoms with van der Waals surface area (Å²) < 4.78 is 16.9. The summed E-state index contributed by atoms with van der Waals surface area (Å²) in [5.41, 5.74) is 0. The van der Waals surface area contributed by atoms with Crippen molar-refractivity contribution in [2.75, 3.05) is 13.2 Å². The van der Waals surface area contributed by atoms with Crippen molar-refractivity contribution >= 4 is 17.9 Å². The van der Waals surface area contributed by atoms with Gasteiger partial charge in [0.1, 0.15) is 13.2 Å². The summed E-state index contributed by atoms with van der Waals surface area (Å²) in [5.74, 6) is -0.881. The van der Waals surface area contributed by atoms with Crippen molar-refractivity contribution in [3.05, 3.63) is 48.6 Å². The highest BCUT2D eigenvalue weighted by atomic mass is 16.6. The van der Waals surface area contributed by atoms with E-state index in [-0.39, 0.29) is 31.1 Å². The second kappa shape index (κ2) is 57.9. The SMILES string of the molecule is CCCCC/C=C\C/C=C\C/C=C\CCCCCCCCC(=O)OCC(COC(=O)CCCCCCC/C=C\CCCCCCC)OC(=O)CCCCCCCCCCCCCCCCCCCC. The number of esters is 3. The Morgan fingerprint density at radius 3 is 0.855 bits per heavy atom. The lowest BCUT2D eigenvalue weighted by Crippen LogP contribution is -2.30. The fourth-order valence-corrected chi connectivity index (χ4v) is 8.74. The fraction of sp³-hybridized carbons (Fsp3) is 0.825. The first-order valence-electron chi connectivity index (χ1n) is 30.1. The summed E-state index contributed by atoms with van der Waals surface area (Å²) in [6.07, 6.45) is 71.0. The molecule has 0 rings (SSSR count). The molecule has 0 radical (unpaired) electrons. The maximum atomic E-state index is 12.9. The Labute approximate surface area is 428 Å². The van der Waals surface area contributed by atoms with Crippen molar-refractivity contribution in [3.63, 3.8) is 0 Å². The van der Waals surface area contributed by atoms with Gasteiger partial charge in [0.05, 0.1) is 0 Å². The summed E-state index contributed by atoms with van der Waals surface area (Å²) >= 11 is 0. The van der Waals surface area contributed by atoms with E-state index in [1.165, 1.54) is 193 Å². The molecule has 0 N–H and O–H groups in total. The van der Waals surface area contributed by atoms with Gasteiger partial charge in [-0.2, -0.15) is 0 Å². The topological polar surface area (TPSA) is 78.9 Å². The van der Waals surface area contributed by atoms with E-state index in [9.17, 15) is 14.4 Å². The molecule has 0 heterocycles. The third-order valence-electron chi connectivity index (χ3n) is 13.3. The summed E-state index contributed by atoms with van der Waals surface area (Å²) in [6, 6.07) is 0. The van der Waals surface area contributed by atoms with E-state index in [2.05, 4.69) is 69.4 Å². The molecule has 0 aliphatic carbocycles. The monoisotopic (exact) mass is 967 g/mol. The predicted molar refractivity (Wildman–Crippen MR) is 298 cm³/mol. The highest BCUT2D eigenvalue weighted by Gasteiger charge is 2.19. The van der Waals surface area contributed by atoms with Crippen LogP contribution in [0.5, 0.6) is 0 Å². The Balaban J connectivity index is 4.37. The highest BCUT2D eigenvalue weighted by Crippen LogP contribution is 2.16. The molecule has 6 nitrogen and oxygen atoms in total. The number of carbonyl (C=O) groups is 3. The Bertz CT molecular complexity index is 1200. The number of hydrogen-bond acceptors (Lipinski definition) is 6. The molecule has 0 aromatic rings. The average Bonchev–Trinajstić information content (AvgIpc) is 3.35. The van der Waals surface area contributed by atoms with Gasteiger partial charge < -0.3 is 14.2 Å². The molecule has 0 spiro atoms. The molecule has 0 aromatic carbocycles. The van der Waals surface area contributed by atoms with Crippen molar-refractivity contribution in [2.45, 2.75) is 322 Å². The molecule has 0 saturated heterocycles. The molecule has 0 aromatic heterocycles. The van der Waals surface area contributed by atoms with Gasteiger partial charge in [0.2, 0.25) is 0 Å². The Morgan fingerprint density at radius 1 is 0.290 bits per heavy atom. The lowest BCUT2D eigenvalue weighted by molar-refractivity contribution is -0.167. The van der Waals surface area contributed by atoms with Gasteiger partial charge in [-0.1, -0.05) is 262 Å². The smallest absolute Gasteiger partial charge is 0.306 e. The lowest BCUT2D eigenvalue weighted by Gasteiger charge is -2.18. The average molecular weight is 968 g/mol. The van der Waals surface area contributed by atoms with E-state index < -0.39 is 6.10 Å². The molecule has 0 aliphatic rings. The van der Waals surface area contributed by atoms with Crippen molar-refractivity contribution in [3.8, 4) is 0 Å². The number of allylic oxidation sites excluding steroid dienone is 8. The molecule has 0 aliphatic heterocycles. The first-order chi connectivity index (χ1) is 34.0. The van der Waals surface area contributed by atoms with E-state index in [0.29, 0.717) is 19.3 Å². The zero-order valence-electron chi connectivity index (χ0n) is 46.1. The van der Waals surface area contributed by atoms with Gasteiger partial charge in [-0.15, -0.1) is 0 Å². The van der Waals surface area contributed by atoms with Gasteiger partial charge in [0.25, 0.3) is 0 Å². The van der Waals surface area contributed by atoms with Crippen LogP contribution in [0.2, 0.25) is 0 Å². The predicted octanol–water partition coefficient (Wildman–Crippen LogP) is 20.2. The normalized spacial score (nSPS) is 12.3. The minimum Gasteiger partial charge on any atom is -0.462 e. The van der Waals surface area contributed by atoms with Gasteiger partial charge >= 0.3 is 17.9 Å². The van der Waals surface area contributed by atoms with E-state index in [1.54, 1.807) is 0 Å². The number of hydrogen-bond donors (Lipinski definition) is 0. The molecule has 1 unspecified atom stereocenters. The standard InChI is InChI=1S/C63H114O6/c1-4-7-10-13-16-19-22-25-28-30-32-34-35-38-41-44-47-50-53-56-62(65)68-59-60(58-67-61(64)55-52-49-46-43-40-37-27-24-21-18-15-12-9-6-3)69-63(66)57-54-51-48-45-42-39-36-33-31-29-26-23-20-17-14-11-8-5-2/h16,19,24-25,27-28,32,34,60H,4-15,17-18,20-23,26,29-31,33,35-59H2,1-3H3/b19-16-,27-24-,28-25-,34-32-. The van der Waals surface area contributed by atoms with Crippen LogP contribution in [-0.4, -0.2) is 37.2 Å².